The molecule has 0 spiro atoms. The maximum absolute atomic E-state index is 6.16. The minimum atomic E-state index is -0.322. The Morgan fingerprint density at radius 3 is 2.67 bits per heavy atom. The van der Waals surface area contributed by atoms with Crippen LogP contribution < -0.4 is 0 Å². The molecule has 3 rings (SSSR count). The summed E-state index contributed by atoms with van der Waals surface area (Å²) >= 11 is 0. The minimum absolute atomic E-state index is 0.107. The highest BCUT2D eigenvalue weighted by Crippen LogP contribution is 2.40. The fourth-order valence-electron chi connectivity index (χ4n) is 2.85. The zero-order valence-corrected chi connectivity index (χ0v) is 15.2. The zero-order valence-electron chi connectivity index (χ0n) is 15.2. The van der Waals surface area contributed by atoms with Crippen LogP contribution in [0.2, 0.25) is 0 Å². The fourth-order valence-corrected chi connectivity index (χ4v) is 2.85. The van der Waals surface area contributed by atoms with E-state index >= 15 is 0 Å². The molecule has 2 aliphatic heterocycles. The van der Waals surface area contributed by atoms with Crippen LogP contribution in [-0.2, 0) is 25.3 Å². The standard InChI is InChI=1S/C17H27BN2O4/c1-16(2)17(3,4)24-18(23-16)14-6-8-22-15(10-14)13-11-19-20(12-13)7-9-21-5/h10-12,15H,6-9H2,1-5H3. The van der Waals surface area contributed by atoms with E-state index in [-0.39, 0.29) is 24.4 Å². The summed E-state index contributed by atoms with van der Waals surface area (Å²) in [4.78, 5) is 0. The van der Waals surface area contributed by atoms with Gasteiger partial charge >= 0.3 is 7.12 Å². The van der Waals surface area contributed by atoms with Crippen LogP contribution in [0.15, 0.2) is 23.9 Å². The molecule has 0 aliphatic carbocycles. The van der Waals surface area contributed by atoms with E-state index in [1.165, 1.54) is 0 Å². The van der Waals surface area contributed by atoms with Crippen molar-refractivity contribution in [3.05, 3.63) is 29.5 Å². The lowest BCUT2D eigenvalue weighted by Gasteiger charge is -2.32. The van der Waals surface area contributed by atoms with Crippen LogP contribution in [0, 0.1) is 0 Å². The molecule has 0 saturated carbocycles. The summed E-state index contributed by atoms with van der Waals surface area (Å²) in [5.41, 5.74) is 1.55. The van der Waals surface area contributed by atoms with Crippen LogP contribution in [0.3, 0.4) is 0 Å². The van der Waals surface area contributed by atoms with Crippen molar-refractivity contribution in [2.45, 2.75) is 58.0 Å². The second kappa shape index (κ2) is 6.63. The zero-order chi connectivity index (χ0) is 17.4. The second-order valence-electron chi connectivity index (χ2n) is 7.40. The first-order valence-electron chi connectivity index (χ1n) is 8.51. The lowest BCUT2D eigenvalue weighted by Crippen LogP contribution is -2.41. The molecule has 1 fully saturated rings. The van der Waals surface area contributed by atoms with Crippen LogP contribution >= 0.6 is 0 Å². The van der Waals surface area contributed by atoms with Gasteiger partial charge in [-0.1, -0.05) is 6.08 Å². The van der Waals surface area contributed by atoms with E-state index in [2.05, 4.69) is 38.9 Å². The quantitative estimate of drug-likeness (QED) is 0.775. The number of rotatable bonds is 5. The molecular formula is C17H27BN2O4. The molecule has 1 unspecified atom stereocenters. The Labute approximate surface area is 144 Å². The van der Waals surface area contributed by atoms with Crippen molar-refractivity contribution in [3.63, 3.8) is 0 Å². The molecule has 24 heavy (non-hydrogen) atoms. The maximum Gasteiger partial charge on any atom is 0.490 e. The van der Waals surface area contributed by atoms with E-state index in [0.717, 1.165) is 24.0 Å². The molecule has 1 aromatic heterocycles. The maximum atomic E-state index is 6.16. The van der Waals surface area contributed by atoms with Gasteiger partial charge in [0.1, 0.15) is 6.10 Å². The Balaban J connectivity index is 1.73. The van der Waals surface area contributed by atoms with E-state index in [1.807, 2.05) is 17.1 Å². The summed E-state index contributed by atoms with van der Waals surface area (Å²) in [7, 11) is 1.39. The molecule has 0 aromatic carbocycles. The lowest BCUT2D eigenvalue weighted by atomic mass is 9.74. The van der Waals surface area contributed by atoms with Crippen LogP contribution in [0.25, 0.3) is 0 Å². The third-order valence-electron chi connectivity index (χ3n) is 5.12. The summed E-state index contributed by atoms with van der Waals surface area (Å²) in [5, 5.41) is 4.36. The van der Waals surface area contributed by atoms with E-state index in [1.54, 1.807) is 7.11 Å². The summed E-state index contributed by atoms with van der Waals surface area (Å²) in [6.07, 6.45) is 6.69. The highest BCUT2D eigenvalue weighted by Gasteiger charge is 2.52. The monoisotopic (exact) mass is 334 g/mol. The highest BCUT2D eigenvalue weighted by molar-refractivity contribution is 6.54. The van der Waals surface area contributed by atoms with Crippen molar-refractivity contribution in [2.24, 2.45) is 0 Å². The molecule has 2 aliphatic rings. The van der Waals surface area contributed by atoms with Crippen LogP contribution in [-0.4, -0.2) is 48.4 Å². The van der Waals surface area contributed by atoms with Gasteiger partial charge in [0.05, 0.1) is 37.2 Å². The predicted octanol–water partition coefficient (Wildman–Crippen LogP) is 2.55. The van der Waals surface area contributed by atoms with Crippen molar-refractivity contribution in [1.82, 2.24) is 9.78 Å². The van der Waals surface area contributed by atoms with Gasteiger partial charge in [0.2, 0.25) is 0 Å². The molecule has 0 radical (unpaired) electrons. The van der Waals surface area contributed by atoms with Crippen molar-refractivity contribution in [2.75, 3.05) is 20.3 Å². The molecule has 0 bridgehead atoms. The fraction of sp³-hybridized carbons (Fsp3) is 0.706. The van der Waals surface area contributed by atoms with E-state index in [9.17, 15) is 0 Å². The summed E-state index contributed by atoms with van der Waals surface area (Å²) in [5.74, 6) is 0. The molecule has 132 valence electrons. The first-order chi connectivity index (χ1) is 11.3. The number of methoxy groups -OCH3 is 1. The third kappa shape index (κ3) is 3.44. The number of hydrogen-bond donors (Lipinski definition) is 0. The largest absolute Gasteiger partial charge is 0.490 e. The molecule has 1 atom stereocenters. The van der Waals surface area contributed by atoms with Crippen molar-refractivity contribution < 1.29 is 18.8 Å². The van der Waals surface area contributed by atoms with Gasteiger partial charge in [-0.25, -0.2) is 0 Å². The van der Waals surface area contributed by atoms with Crippen molar-refractivity contribution in [1.29, 1.82) is 0 Å². The Bertz CT molecular complexity index is 595. The van der Waals surface area contributed by atoms with Crippen LogP contribution in [0.1, 0.15) is 45.8 Å². The van der Waals surface area contributed by atoms with Crippen LogP contribution in [0.4, 0.5) is 0 Å². The normalized spacial score (nSPS) is 25.8. The smallest absolute Gasteiger partial charge is 0.400 e. The van der Waals surface area contributed by atoms with Gasteiger partial charge in [0.15, 0.2) is 0 Å². The van der Waals surface area contributed by atoms with E-state index in [4.69, 9.17) is 18.8 Å². The van der Waals surface area contributed by atoms with Gasteiger partial charge in [-0.05, 0) is 39.6 Å². The van der Waals surface area contributed by atoms with Gasteiger partial charge in [-0.2, -0.15) is 5.10 Å². The van der Waals surface area contributed by atoms with Crippen LogP contribution in [0.5, 0.6) is 0 Å². The molecule has 1 aromatic rings. The van der Waals surface area contributed by atoms with Gasteiger partial charge in [0, 0.05) is 18.9 Å². The van der Waals surface area contributed by atoms with Crippen molar-refractivity contribution >= 4 is 7.12 Å². The SMILES string of the molecule is COCCn1cc(C2C=C(B3OC(C)(C)C(C)(C)O3)CCO2)cn1. The van der Waals surface area contributed by atoms with E-state index < -0.39 is 0 Å². The highest BCUT2D eigenvalue weighted by atomic mass is 16.7. The molecule has 1 saturated heterocycles. The second-order valence-corrected chi connectivity index (χ2v) is 7.40. The van der Waals surface area contributed by atoms with Crippen molar-refractivity contribution in [3.8, 4) is 0 Å². The first-order valence-corrected chi connectivity index (χ1v) is 8.51. The van der Waals surface area contributed by atoms with Gasteiger partial charge in [-0.3, -0.25) is 4.68 Å². The van der Waals surface area contributed by atoms with Gasteiger partial charge in [-0.15, -0.1) is 0 Å². The predicted molar refractivity (Wildman–Crippen MR) is 91.6 cm³/mol. The Morgan fingerprint density at radius 1 is 1.29 bits per heavy atom. The molecule has 0 amide bonds. The minimum Gasteiger partial charge on any atom is -0.400 e. The Hall–Kier alpha value is -1.15. The van der Waals surface area contributed by atoms with Gasteiger partial charge in [0.25, 0.3) is 0 Å². The number of nitrogens with zero attached hydrogens (tertiary/aromatic N) is 2. The topological polar surface area (TPSA) is 54.7 Å². The molecule has 0 N–H and O–H groups in total. The summed E-state index contributed by atoms with van der Waals surface area (Å²) in [6.45, 7) is 10.3. The number of aromatic nitrogens is 2. The number of hydrogen-bond acceptors (Lipinski definition) is 5. The molecule has 7 heteroatoms. The van der Waals surface area contributed by atoms with E-state index in [0.29, 0.717) is 13.2 Å². The number of ether oxygens (including phenoxy) is 2. The summed E-state index contributed by atoms with van der Waals surface area (Å²) < 4.78 is 25.2. The average molecular weight is 334 g/mol. The third-order valence-corrected chi connectivity index (χ3v) is 5.12. The first kappa shape index (κ1) is 17.7. The lowest BCUT2D eigenvalue weighted by molar-refractivity contribution is 0.00578. The Morgan fingerprint density at radius 2 is 2.00 bits per heavy atom. The molecule has 6 nitrogen and oxygen atoms in total. The summed E-state index contributed by atoms with van der Waals surface area (Å²) in [6, 6.07) is 0. The molecule has 3 heterocycles. The van der Waals surface area contributed by atoms with Gasteiger partial charge < -0.3 is 18.8 Å². The molecular weight excluding hydrogens is 307 g/mol. The average Bonchev–Trinajstić information content (AvgIpc) is 3.08. The Kier molecular flexibility index (Phi) is 4.88.